The Labute approximate surface area is 122 Å². The Bertz CT molecular complexity index is 581. The lowest BCUT2D eigenvalue weighted by Gasteiger charge is -2.11. The van der Waals surface area contributed by atoms with Crippen molar-refractivity contribution in [3.63, 3.8) is 0 Å². The summed E-state index contributed by atoms with van der Waals surface area (Å²) in [6, 6.07) is 8.00. The van der Waals surface area contributed by atoms with Gasteiger partial charge in [-0.1, -0.05) is 11.6 Å². The summed E-state index contributed by atoms with van der Waals surface area (Å²) in [5.74, 6) is 0.975. The lowest BCUT2D eigenvalue weighted by Crippen LogP contribution is -2.29. The molecular weight excluding hydrogens is 278 g/mol. The van der Waals surface area contributed by atoms with Crippen molar-refractivity contribution >= 4 is 22.9 Å². The highest BCUT2D eigenvalue weighted by molar-refractivity contribution is 7.10. The van der Waals surface area contributed by atoms with Gasteiger partial charge in [-0.3, -0.25) is 0 Å². The molecule has 0 bridgehead atoms. The van der Waals surface area contributed by atoms with Crippen LogP contribution in [0.4, 0.5) is 0 Å². The van der Waals surface area contributed by atoms with Gasteiger partial charge in [-0.25, -0.2) is 0 Å². The van der Waals surface area contributed by atoms with E-state index in [4.69, 9.17) is 16.3 Å². The van der Waals surface area contributed by atoms with Gasteiger partial charge in [0.15, 0.2) is 0 Å². The van der Waals surface area contributed by atoms with Gasteiger partial charge in [0.1, 0.15) is 11.9 Å². The minimum atomic E-state index is 0.216. The summed E-state index contributed by atoms with van der Waals surface area (Å²) in [6.07, 6.45) is 1.15. The molecule has 2 heterocycles. The molecule has 0 amide bonds. The van der Waals surface area contributed by atoms with Crippen molar-refractivity contribution in [3.05, 3.63) is 50.7 Å². The molecule has 0 radical (unpaired) electrons. The molecule has 1 unspecified atom stereocenters. The number of halogens is 1. The SMILES string of the molecule is Cc1ccsc1CNCC1Cc2cc(Cl)ccc2O1. The molecule has 1 aromatic heterocycles. The van der Waals surface area contributed by atoms with Gasteiger partial charge < -0.3 is 10.1 Å². The van der Waals surface area contributed by atoms with Gasteiger partial charge in [-0.05, 0) is 47.7 Å². The molecule has 1 atom stereocenters. The van der Waals surface area contributed by atoms with Crippen molar-refractivity contribution in [1.29, 1.82) is 0 Å². The molecule has 3 rings (SSSR count). The number of fused-ring (bicyclic) bond motifs is 1. The van der Waals surface area contributed by atoms with Crippen LogP contribution in [0, 0.1) is 6.92 Å². The van der Waals surface area contributed by atoms with Crippen molar-refractivity contribution in [2.75, 3.05) is 6.54 Å². The van der Waals surface area contributed by atoms with Crippen LogP contribution in [0.15, 0.2) is 29.6 Å². The highest BCUT2D eigenvalue weighted by atomic mass is 35.5. The van der Waals surface area contributed by atoms with E-state index in [0.717, 1.165) is 30.3 Å². The predicted octanol–water partition coefficient (Wildman–Crippen LogP) is 3.80. The maximum atomic E-state index is 5.99. The fourth-order valence-electron chi connectivity index (χ4n) is 2.33. The number of aryl methyl sites for hydroxylation is 1. The Morgan fingerprint density at radius 2 is 2.32 bits per heavy atom. The fourth-order valence-corrected chi connectivity index (χ4v) is 3.41. The Hall–Kier alpha value is -1.03. The number of ether oxygens (including phenoxy) is 1. The third kappa shape index (κ3) is 2.94. The third-order valence-corrected chi connectivity index (χ3v) is 4.65. The Morgan fingerprint density at radius 3 is 3.11 bits per heavy atom. The normalized spacial score (nSPS) is 17.3. The van der Waals surface area contributed by atoms with E-state index in [9.17, 15) is 0 Å². The van der Waals surface area contributed by atoms with Gasteiger partial charge in [0.05, 0.1) is 0 Å². The van der Waals surface area contributed by atoms with E-state index >= 15 is 0 Å². The summed E-state index contributed by atoms with van der Waals surface area (Å²) < 4.78 is 5.89. The molecule has 1 aromatic carbocycles. The van der Waals surface area contributed by atoms with E-state index in [0.29, 0.717) is 0 Å². The summed E-state index contributed by atoms with van der Waals surface area (Å²) in [6.45, 7) is 3.93. The maximum Gasteiger partial charge on any atom is 0.123 e. The third-order valence-electron chi connectivity index (χ3n) is 3.39. The molecule has 1 N–H and O–H groups in total. The van der Waals surface area contributed by atoms with Crippen LogP contribution in [-0.4, -0.2) is 12.6 Å². The maximum absolute atomic E-state index is 5.99. The largest absolute Gasteiger partial charge is 0.488 e. The van der Waals surface area contributed by atoms with E-state index in [2.05, 4.69) is 23.7 Å². The first-order valence-electron chi connectivity index (χ1n) is 6.41. The molecule has 2 nitrogen and oxygen atoms in total. The molecule has 0 fully saturated rings. The fraction of sp³-hybridized carbons (Fsp3) is 0.333. The van der Waals surface area contributed by atoms with E-state index in [1.807, 2.05) is 18.2 Å². The molecule has 0 aliphatic carbocycles. The quantitative estimate of drug-likeness (QED) is 0.926. The van der Waals surface area contributed by atoms with Crippen LogP contribution in [0.1, 0.15) is 16.0 Å². The molecule has 1 aliphatic heterocycles. The van der Waals surface area contributed by atoms with Crippen molar-refractivity contribution in [3.8, 4) is 5.75 Å². The number of hydrogen-bond acceptors (Lipinski definition) is 3. The second kappa shape index (κ2) is 5.53. The minimum absolute atomic E-state index is 0.216. The Kier molecular flexibility index (Phi) is 3.78. The van der Waals surface area contributed by atoms with E-state index < -0.39 is 0 Å². The van der Waals surface area contributed by atoms with Crippen LogP contribution < -0.4 is 10.1 Å². The monoisotopic (exact) mass is 293 g/mol. The standard InChI is InChI=1S/C15H16ClNOS/c1-10-4-5-19-15(10)9-17-8-13-7-11-6-12(16)2-3-14(11)18-13/h2-6,13,17H,7-9H2,1H3. The lowest BCUT2D eigenvalue weighted by atomic mass is 10.1. The molecule has 19 heavy (non-hydrogen) atoms. The molecule has 2 aromatic rings. The molecular formula is C15H16ClNOS. The minimum Gasteiger partial charge on any atom is -0.488 e. The first kappa shape index (κ1) is 13.0. The number of hydrogen-bond donors (Lipinski definition) is 1. The summed E-state index contributed by atoms with van der Waals surface area (Å²) in [7, 11) is 0. The van der Waals surface area contributed by atoms with Crippen molar-refractivity contribution in [2.24, 2.45) is 0 Å². The van der Waals surface area contributed by atoms with E-state index in [1.54, 1.807) is 11.3 Å². The van der Waals surface area contributed by atoms with Gasteiger partial charge in [-0.2, -0.15) is 0 Å². The molecule has 0 spiro atoms. The summed E-state index contributed by atoms with van der Waals surface area (Å²) in [4.78, 5) is 1.40. The second-order valence-electron chi connectivity index (χ2n) is 4.85. The number of rotatable bonds is 4. The summed E-state index contributed by atoms with van der Waals surface area (Å²) >= 11 is 7.79. The Balaban J connectivity index is 1.52. The second-order valence-corrected chi connectivity index (χ2v) is 6.29. The van der Waals surface area contributed by atoms with E-state index in [-0.39, 0.29) is 6.10 Å². The zero-order valence-electron chi connectivity index (χ0n) is 10.8. The number of thiophene rings is 1. The van der Waals surface area contributed by atoms with Crippen LogP contribution in [0.2, 0.25) is 5.02 Å². The highest BCUT2D eigenvalue weighted by Crippen LogP contribution is 2.30. The van der Waals surface area contributed by atoms with Crippen molar-refractivity contribution in [1.82, 2.24) is 5.32 Å². The zero-order valence-corrected chi connectivity index (χ0v) is 12.4. The molecule has 100 valence electrons. The summed E-state index contributed by atoms with van der Waals surface area (Å²) in [5.41, 5.74) is 2.58. The molecule has 4 heteroatoms. The van der Waals surface area contributed by atoms with Crippen molar-refractivity contribution < 1.29 is 4.74 Å². The molecule has 0 saturated heterocycles. The van der Waals surface area contributed by atoms with Crippen LogP contribution >= 0.6 is 22.9 Å². The summed E-state index contributed by atoms with van der Waals surface area (Å²) in [5, 5.41) is 6.39. The van der Waals surface area contributed by atoms with Crippen LogP contribution in [0.5, 0.6) is 5.75 Å². The smallest absolute Gasteiger partial charge is 0.123 e. The van der Waals surface area contributed by atoms with Gasteiger partial charge in [0.2, 0.25) is 0 Å². The van der Waals surface area contributed by atoms with Crippen LogP contribution in [0.3, 0.4) is 0 Å². The van der Waals surface area contributed by atoms with Gasteiger partial charge in [0, 0.05) is 29.4 Å². The average molecular weight is 294 g/mol. The van der Waals surface area contributed by atoms with Crippen LogP contribution in [-0.2, 0) is 13.0 Å². The van der Waals surface area contributed by atoms with Crippen LogP contribution in [0.25, 0.3) is 0 Å². The molecule has 1 aliphatic rings. The predicted molar refractivity (Wildman–Crippen MR) is 80.3 cm³/mol. The zero-order chi connectivity index (χ0) is 13.2. The highest BCUT2D eigenvalue weighted by Gasteiger charge is 2.22. The van der Waals surface area contributed by atoms with E-state index in [1.165, 1.54) is 16.0 Å². The number of benzene rings is 1. The van der Waals surface area contributed by atoms with Gasteiger partial charge >= 0.3 is 0 Å². The molecule has 0 saturated carbocycles. The number of nitrogens with one attached hydrogen (secondary N) is 1. The average Bonchev–Trinajstić information content (AvgIpc) is 2.95. The lowest BCUT2D eigenvalue weighted by molar-refractivity contribution is 0.227. The first-order chi connectivity index (χ1) is 9.22. The topological polar surface area (TPSA) is 21.3 Å². The van der Waals surface area contributed by atoms with Gasteiger partial charge in [-0.15, -0.1) is 11.3 Å². The van der Waals surface area contributed by atoms with Crippen molar-refractivity contribution in [2.45, 2.75) is 26.0 Å². The van der Waals surface area contributed by atoms with Gasteiger partial charge in [0.25, 0.3) is 0 Å². The Morgan fingerprint density at radius 1 is 1.42 bits per heavy atom. The first-order valence-corrected chi connectivity index (χ1v) is 7.67.